The number of hydrogen-bond donors (Lipinski definition) is 0. The minimum atomic E-state index is -3.71. The van der Waals surface area contributed by atoms with E-state index in [-0.39, 0.29) is 10.7 Å². The Morgan fingerprint density at radius 1 is 1.03 bits per heavy atom. The highest BCUT2D eigenvalue weighted by atomic mass is 32.2. The third-order valence-electron chi connectivity index (χ3n) is 5.09. The van der Waals surface area contributed by atoms with E-state index in [1.165, 1.54) is 16.1 Å². The molecule has 6 heteroatoms. The number of halogens is 1. The Labute approximate surface area is 170 Å². The van der Waals surface area contributed by atoms with Crippen LogP contribution < -0.4 is 0 Å². The Kier molecular flexibility index (Phi) is 4.67. The standard InChI is InChI=1S/C23H21FN2O2S/c1-16-4-10-20(11-5-16)29(27,28)26-13-12-21-22(14-25(3)15-23(21)26)17(2)18-6-8-19(24)9-7-18/h4-14H,2,15H2,1,3H3. The van der Waals surface area contributed by atoms with Gasteiger partial charge < -0.3 is 4.90 Å². The van der Waals surface area contributed by atoms with Gasteiger partial charge in [0.1, 0.15) is 5.82 Å². The molecular formula is C23H21FN2O2S. The van der Waals surface area contributed by atoms with E-state index in [1.54, 1.807) is 48.7 Å². The molecule has 4 rings (SSSR count). The molecule has 1 aliphatic heterocycles. The zero-order valence-corrected chi connectivity index (χ0v) is 17.1. The molecule has 1 aliphatic rings. The molecule has 0 saturated carbocycles. The smallest absolute Gasteiger partial charge is 0.267 e. The summed E-state index contributed by atoms with van der Waals surface area (Å²) in [5.74, 6) is -0.313. The Bertz CT molecular complexity index is 1220. The minimum Gasteiger partial charge on any atom is -0.374 e. The zero-order chi connectivity index (χ0) is 20.8. The average molecular weight is 408 g/mol. The molecule has 0 atom stereocenters. The normalized spacial score (nSPS) is 13.8. The molecule has 0 bridgehead atoms. The van der Waals surface area contributed by atoms with Gasteiger partial charge in [-0.2, -0.15) is 0 Å². The first-order valence-corrected chi connectivity index (χ1v) is 10.6. The van der Waals surface area contributed by atoms with Gasteiger partial charge in [-0.1, -0.05) is 36.4 Å². The highest BCUT2D eigenvalue weighted by molar-refractivity contribution is 7.90. The Morgan fingerprint density at radius 3 is 2.34 bits per heavy atom. The van der Waals surface area contributed by atoms with Crippen LogP contribution in [0.3, 0.4) is 0 Å². The van der Waals surface area contributed by atoms with Crippen LogP contribution in [0.25, 0.3) is 11.1 Å². The largest absolute Gasteiger partial charge is 0.374 e. The van der Waals surface area contributed by atoms with Crippen molar-refractivity contribution in [3.63, 3.8) is 0 Å². The number of nitrogens with zero attached hydrogens (tertiary/aromatic N) is 2. The van der Waals surface area contributed by atoms with Gasteiger partial charge in [0.2, 0.25) is 0 Å². The topological polar surface area (TPSA) is 42.3 Å². The van der Waals surface area contributed by atoms with Gasteiger partial charge >= 0.3 is 0 Å². The molecule has 0 amide bonds. The van der Waals surface area contributed by atoms with Crippen molar-refractivity contribution >= 4 is 21.2 Å². The number of benzene rings is 2. The fourth-order valence-electron chi connectivity index (χ4n) is 3.52. The van der Waals surface area contributed by atoms with E-state index >= 15 is 0 Å². The van der Waals surface area contributed by atoms with E-state index in [4.69, 9.17) is 0 Å². The third-order valence-corrected chi connectivity index (χ3v) is 6.82. The Hall–Kier alpha value is -3.12. The summed E-state index contributed by atoms with van der Waals surface area (Å²) < 4.78 is 41.1. The molecule has 0 saturated heterocycles. The summed E-state index contributed by atoms with van der Waals surface area (Å²) in [5.41, 5.74) is 4.80. The lowest BCUT2D eigenvalue weighted by atomic mass is 9.92. The predicted octanol–water partition coefficient (Wildman–Crippen LogP) is 4.67. The summed E-state index contributed by atoms with van der Waals surface area (Å²) in [4.78, 5) is 2.17. The first kappa shape index (κ1) is 19.2. The second-order valence-corrected chi connectivity index (χ2v) is 9.05. The van der Waals surface area contributed by atoms with E-state index in [9.17, 15) is 12.8 Å². The van der Waals surface area contributed by atoms with E-state index in [2.05, 4.69) is 6.58 Å². The van der Waals surface area contributed by atoms with Crippen LogP contribution in [0, 0.1) is 12.7 Å². The summed E-state index contributed by atoms with van der Waals surface area (Å²) in [5, 5.41) is 0. The van der Waals surface area contributed by atoms with Crippen LogP contribution in [0.4, 0.5) is 4.39 Å². The number of rotatable bonds is 4. The SMILES string of the molecule is C=C(C1=CN(C)Cc2c1ccn2S(=O)(=O)c1ccc(C)cc1)c1ccc(F)cc1. The summed E-state index contributed by atoms with van der Waals surface area (Å²) in [6.45, 7) is 6.54. The van der Waals surface area contributed by atoms with Crippen LogP contribution in [0.15, 0.2) is 78.5 Å². The highest BCUT2D eigenvalue weighted by Crippen LogP contribution is 2.37. The van der Waals surface area contributed by atoms with Gasteiger partial charge in [0, 0.05) is 30.6 Å². The monoisotopic (exact) mass is 408 g/mol. The van der Waals surface area contributed by atoms with Crippen LogP contribution in [0.1, 0.15) is 22.4 Å². The number of fused-ring (bicyclic) bond motifs is 1. The molecule has 148 valence electrons. The van der Waals surface area contributed by atoms with Crippen molar-refractivity contribution in [1.29, 1.82) is 0 Å². The maximum Gasteiger partial charge on any atom is 0.267 e. The lowest BCUT2D eigenvalue weighted by Crippen LogP contribution is -2.23. The van der Waals surface area contributed by atoms with Crippen molar-refractivity contribution in [2.45, 2.75) is 18.4 Å². The van der Waals surface area contributed by atoms with Crippen molar-refractivity contribution < 1.29 is 12.8 Å². The quantitative estimate of drug-likeness (QED) is 0.630. The van der Waals surface area contributed by atoms with Crippen molar-refractivity contribution in [2.75, 3.05) is 7.05 Å². The highest BCUT2D eigenvalue weighted by Gasteiger charge is 2.27. The second-order valence-electron chi connectivity index (χ2n) is 7.23. The zero-order valence-electron chi connectivity index (χ0n) is 16.3. The maximum atomic E-state index is 13.3. The second kappa shape index (κ2) is 7.04. The summed E-state index contributed by atoms with van der Waals surface area (Å²) in [6.07, 6.45) is 3.53. The molecule has 2 aromatic carbocycles. The van der Waals surface area contributed by atoms with Gasteiger partial charge in [0.15, 0.2) is 0 Å². The molecule has 0 unspecified atom stereocenters. The summed E-state index contributed by atoms with van der Waals surface area (Å²) in [7, 11) is -1.83. The first-order valence-electron chi connectivity index (χ1n) is 9.17. The molecule has 1 aromatic heterocycles. The molecule has 0 fully saturated rings. The van der Waals surface area contributed by atoms with Crippen LogP contribution in [0.5, 0.6) is 0 Å². The van der Waals surface area contributed by atoms with E-state index in [0.29, 0.717) is 17.8 Å². The average Bonchev–Trinajstić information content (AvgIpc) is 3.12. The molecule has 3 aromatic rings. The molecule has 0 N–H and O–H groups in total. The fourth-order valence-corrected chi connectivity index (χ4v) is 4.89. The van der Waals surface area contributed by atoms with Gasteiger partial charge in [-0.05, 0) is 48.4 Å². The van der Waals surface area contributed by atoms with Crippen LogP contribution in [-0.4, -0.2) is 24.3 Å². The van der Waals surface area contributed by atoms with Gasteiger partial charge in [-0.3, -0.25) is 0 Å². The molecule has 4 nitrogen and oxygen atoms in total. The van der Waals surface area contributed by atoms with Gasteiger partial charge in [0.05, 0.1) is 17.1 Å². The van der Waals surface area contributed by atoms with Gasteiger partial charge in [-0.15, -0.1) is 0 Å². The molecule has 2 heterocycles. The molecule has 29 heavy (non-hydrogen) atoms. The van der Waals surface area contributed by atoms with Crippen molar-refractivity contribution in [3.05, 3.63) is 102 Å². The minimum absolute atomic E-state index is 0.248. The Balaban J connectivity index is 1.79. The lowest BCUT2D eigenvalue weighted by Gasteiger charge is -2.26. The number of aromatic nitrogens is 1. The number of hydrogen-bond acceptors (Lipinski definition) is 3. The van der Waals surface area contributed by atoms with Crippen LogP contribution in [-0.2, 0) is 16.6 Å². The van der Waals surface area contributed by atoms with E-state index in [1.807, 2.05) is 25.1 Å². The summed E-state index contributed by atoms with van der Waals surface area (Å²) in [6, 6.07) is 14.8. The molecule has 0 aliphatic carbocycles. The van der Waals surface area contributed by atoms with Crippen LogP contribution in [0.2, 0.25) is 0 Å². The first-order chi connectivity index (χ1) is 13.8. The molecule has 0 spiro atoms. The molecular weight excluding hydrogens is 387 g/mol. The van der Waals surface area contributed by atoms with Crippen molar-refractivity contribution in [1.82, 2.24) is 8.87 Å². The molecule has 0 radical (unpaired) electrons. The van der Waals surface area contributed by atoms with E-state index < -0.39 is 10.0 Å². The summed E-state index contributed by atoms with van der Waals surface area (Å²) >= 11 is 0. The third kappa shape index (κ3) is 3.40. The maximum absolute atomic E-state index is 13.3. The van der Waals surface area contributed by atoms with Crippen LogP contribution >= 0.6 is 0 Å². The van der Waals surface area contributed by atoms with Gasteiger partial charge in [-0.25, -0.2) is 16.8 Å². The lowest BCUT2D eigenvalue weighted by molar-refractivity contribution is 0.436. The van der Waals surface area contributed by atoms with E-state index in [0.717, 1.165) is 22.3 Å². The predicted molar refractivity (Wildman–Crippen MR) is 113 cm³/mol. The van der Waals surface area contributed by atoms with Gasteiger partial charge in [0.25, 0.3) is 10.0 Å². The number of aryl methyl sites for hydroxylation is 1. The van der Waals surface area contributed by atoms with Crippen molar-refractivity contribution in [2.24, 2.45) is 0 Å². The fraction of sp³-hybridized carbons (Fsp3) is 0.130. The van der Waals surface area contributed by atoms with Crippen molar-refractivity contribution in [3.8, 4) is 0 Å². The number of allylic oxidation sites excluding steroid dienone is 2. The Morgan fingerprint density at radius 2 is 1.69 bits per heavy atom.